The van der Waals surface area contributed by atoms with E-state index in [1.54, 1.807) is 55.1 Å². The van der Waals surface area contributed by atoms with E-state index in [1.807, 2.05) is 12.1 Å². The van der Waals surface area contributed by atoms with Gasteiger partial charge < -0.3 is 5.32 Å². The van der Waals surface area contributed by atoms with Crippen LogP contribution in [0.1, 0.15) is 18.9 Å². The molecule has 0 aliphatic rings. The Morgan fingerprint density at radius 3 is 2.41 bits per heavy atom. The Hall–Kier alpha value is -1.41. The van der Waals surface area contributed by atoms with Gasteiger partial charge in [0.15, 0.2) is 0 Å². The molecule has 0 aliphatic heterocycles. The van der Waals surface area contributed by atoms with Gasteiger partial charge in [-0.3, -0.25) is 9.10 Å². The molecule has 1 N–H and O–H groups in total. The standard InChI is InChI=1S/C20H24Cl2N2O3S2/c1-3-19(24(29(2,26)27)16-7-5-4-6-8-16)20(25)23-11-12-28-14-15-9-10-17(21)18(22)13-15/h4-10,13,19H,3,11-12,14H2,1-2H3,(H,23,25)/t19-/m0/s1. The third-order valence-electron chi connectivity index (χ3n) is 4.14. The van der Waals surface area contributed by atoms with Gasteiger partial charge >= 0.3 is 0 Å². The van der Waals surface area contributed by atoms with Crippen LogP contribution in [0.15, 0.2) is 48.5 Å². The van der Waals surface area contributed by atoms with Crippen LogP contribution in [0.25, 0.3) is 0 Å². The number of para-hydroxylation sites is 1. The van der Waals surface area contributed by atoms with E-state index in [9.17, 15) is 13.2 Å². The van der Waals surface area contributed by atoms with Crippen molar-refractivity contribution in [2.45, 2.75) is 25.1 Å². The molecule has 2 aromatic rings. The van der Waals surface area contributed by atoms with E-state index in [0.29, 0.717) is 34.5 Å². The predicted molar refractivity (Wildman–Crippen MR) is 123 cm³/mol. The third kappa shape index (κ3) is 7.10. The second kappa shape index (κ2) is 11.1. The fourth-order valence-electron chi connectivity index (χ4n) is 2.82. The lowest BCUT2D eigenvalue weighted by atomic mass is 10.2. The maximum Gasteiger partial charge on any atom is 0.243 e. The van der Waals surface area contributed by atoms with Crippen LogP contribution >= 0.6 is 35.0 Å². The van der Waals surface area contributed by atoms with Crippen molar-refractivity contribution in [1.29, 1.82) is 0 Å². The molecule has 0 radical (unpaired) electrons. The number of nitrogens with zero attached hydrogens (tertiary/aromatic N) is 1. The van der Waals surface area contributed by atoms with Crippen molar-refractivity contribution in [1.82, 2.24) is 5.32 Å². The largest absolute Gasteiger partial charge is 0.353 e. The third-order valence-corrected chi connectivity index (χ3v) is 7.09. The lowest BCUT2D eigenvalue weighted by Crippen LogP contribution is -2.49. The van der Waals surface area contributed by atoms with Gasteiger partial charge in [0.2, 0.25) is 15.9 Å². The molecule has 0 heterocycles. The van der Waals surface area contributed by atoms with E-state index in [0.717, 1.165) is 17.6 Å². The predicted octanol–water partition coefficient (Wildman–Crippen LogP) is 4.59. The Kier molecular flexibility index (Phi) is 9.14. The normalized spacial score (nSPS) is 12.4. The smallest absolute Gasteiger partial charge is 0.243 e. The Morgan fingerprint density at radius 2 is 1.83 bits per heavy atom. The summed E-state index contributed by atoms with van der Waals surface area (Å²) in [7, 11) is -3.61. The van der Waals surface area contributed by atoms with Crippen molar-refractivity contribution >= 4 is 56.6 Å². The number of anilines is 1. The summed E-state index contributed by atoms with van der Waals surface area (Å²) >= 11 is 13.6. The highest BCUT2D eigenvalue weighted by molar-refractivity contribution is 7.98. The van der Waals surface area contributed by atoms with Gasteiger partial charge in [-0.15, -0.1) is 0 Å². The average molecular weight is 475 g/mol. The summed E-state index contributed by atoms with van der Waals surface area (Å²) in [6, 6.07) is 13.4. The molecule has 5 nitrogen and oxygen atoms in total. The molecule has 29 heavy (non-hydrogen) atoms. The van der Waals surface area contributed by atoms with Crippen LogP contribution in [-0.2, 0) is 20.6 Å². The molecule has 0 bridgehead atoms. The molecule has 0 saturated carbocycles. The number of carbonyl (C=O) groups excluding carboxylic acids is 1. The van der Waals surface area contributed by atoms with E-state index in [2.05, 4.69) is 5.32 Å². The zero-order valence-corrected chi connectivity index (χ0v) is 19.4. The minimum absolute atomic E-state index is 0.308. The highest BCUT2D eigenvalue weighted by atomic mass is 35.5. The molecule has 0 fully saturated rings. The summed E-state index contributed by atoms with van der Waals surface area (Å²) in [6.07, 6.45) is 1.48. The average Bonchev–Trinajstić information content (AvgIpc) is 2.68. The van der Waals surface area contributed by atoms with Gasteiger partial charge in [0.1, 0.15) is 6.04 Å². The maximum absolute atomic E-state index is 12.7. The van der Waals surface area contributed by atoms with Crippen LogP contribution in [0, 0.1) is 0 Å². The number of rotatable bonds is 10. The van der Waals surface area contributed by atoms with Crippen molar-refractivity contribution < 1.29 is 13.2 Å². The quantitative estimate of drug-likeness (QED) is 0.511. The van der Waals surface area contributed by atoms with Crippen molar-refractivity contribution in [2.75, 3.05) is 22.9 Å². The monoisotopic (exact) mass is 474 g/mol. The van der Waals surface area contributed by atoms with Crippen molar-refractivity contribution in [3.63, 3.8) is 0 Å². The van der Waals surface area contributed by atoms with E-state index < -0.39 is 16.1 Å². The summed E-state index contributed by atoms with van der Waals surface area (Å²) in [5.74, 6) is 1.12. The van der Waals surface area contributed by atoms with E-state index >= 15 is 0 Å². The molecular formula is C20H24Cl2N2O3S2. The van der Waals surface area contributed by atoms with E-state index in [4.69, 9.17) is 23.2 Å². The van der Waals surface area contributed by atoms with Crippen LogP contribution in [0.5, 0.6) is 0 Å². The zero-order chi connectivity index (χ0) is 21.4. The Morgan fingerprint density at radius 1 is 1.14 bits per heavy atom. The number of halogens is 2. The van der Waals surface area contributed by atoms with Gasteiger partial charge in [-0.05, 0) is 36.2 Å². The second-order valence-electron chi connectivity index (χ2n) is 6.41. The molecule has 1 atom stereocenters. The van der Waals surface area contributed by atoms with Crippen LogP contribution in [0.3, 0.4) is 0 Å². The first-order valence-electron chi connectivity index (χ1n) is 9.08. The molecule has 2 rings (SSSR count). The first-order chi connectivity index (χ1) is 13.7. The van der Waals surface area contributed by atoms with Gasteiger partial charge in [0.05, 0.1) is 22.0 Å². The maximum atomic E-state index is 12.7. The van der Waals surface area contributed by atoms with Gasteiger partial charge in [0.25, 0.3) is 0 Å². The molecule has 158 valence electrons. The number of hydrogen-bond acceptors (Lipinski definition) is 4. The van der Waals surface area contributed by atoms with Crippen LogP contribution in [-0.4, -0.2) is 38.9 Å². The highest BCUT2D eigenvalue weighted by Gasteiger charge is 2.31. The number of thioether (sulfide) groups is 1. The van der Waals surface area contributed by atoms with Gasteiger partial charge in [-0.25, -0.2) is 8.42 Å². The lowest BCUT2D eigenvalue weighted by Gasteiger charge is -2.30. The summed E-state index contributed by atoms with van der Waals surface area (Å²) < 4.78 is 25.9. The van der Waals surface area contributed by atoms with Crippen LogP contribution in [0.4, 0.5) is 5.69 Å². The Balaban J connectivity index is 1.92. The zero-order valence-electron chi connectivity index (χ0n) is 16.3. The number of carbonyl (C=O) groups is 1. The fraction of sp³-hybridized carbons (Fsp3) is 0.350. The fourth-order valence-corrected chi connectivity index (χ4v) is 5.16. The van der Waals surface area contributed by atoms with E-state index in [1.165, 1.54) is 4.31 Å². The molecular weight excluding hydrogens is 451 g/mol. The molecule has 0 aliphatic carbocycles. The molecule has 0 unspecified atom stereocenters. The van der Waals surface area contributed by atoms with Gasteiger partial charge in [-0.1, -0.05) is 54.4 Å². The summed E-state index contributed by atoms with van der Waals surface area (Å²) in [5.41, 5.74) is 1.53. The van der Waals surface area contributed by atoms with E-state index in [-0.39, 0.29) is 5.91 Å². The number of benzene rings is 2. The van der Waals surface area contributed by atoms with Crippen molar-refractivity contribution in [3.8, 4) is 0 Å². The minimum atomic E-state index is -3.61. The summed E-state index contributed by atoms with van der Waals surface area (Å²) in [5, 5.41) is 3.89. The molecule has 0 spiro atoms. The highest BCUT2D eigenvalue weighted by Crippen LogP contribution is 2.25. The number of amides is 1. The van der Waals surface area contributed by atoms with Crippen LogP contribution < -0.4 is 9.62 Å². The SMILES string of the molecule is CC[C@@H](C(=O)NCCSCc1ccc(Cl)c(Cl)c1)N(c1ccccc1)S(C)(=O)=O. The molecule has 0 saturated heterocycles. The number of hydrogen-bond donors (Lipinski definition) is 1. The minimum Gasteiger partial charge on any atom is -0.353 e. The molecule has 9 heteroatoms. The lowest BCUT2D eigenvalue weighted by molar-refractivity contribution is -0.122. The summed E-state index contributed by atoms with van der Waals surface area (Å²) in [4.78, 5) is 12.7. The molecule has 1 amide bonds. The topological polar surface area (TPSA) is 66.5 Å². The second-order valence-corrected chi connectivity index (χ2v) is 10.2. The van der Waals surface area contributed by atoms with Gasteiger partial charge in [0, 0.05) is 18.1 Å². The first-order valence-corrected chi connectivity index (χ1v) is 12.8. The molecule has 0 aromatic heterocycles. The van der Waals surface area contributed by atoms with Gasteiger partial charge in [-0.2, -0.15) is 11.8 Å². The molecule has 2 aromatic carbocycles. The Labute approximate surface area is 186 Å². The number of nitrogens with one attached hydrogen (secondary N) is 1. The first kappa shape index (κ1) is 23.9. The van der Waals surface area contributed by atoms with Crippen LogP contribution in [0.2, 0.25) is 10.0 Å². The van der Waals surface area contributed by atoms with Crippen molar-refractivity contribution in [2.24, 2.45) is 0 Å². The number of sulfonamides is 1. The summed E-state index contributed by atoms with van der Waals surface area (Å²) in [6.45, 7) is 2.23. The van der Waals surface area contributed by atoms with Crippen molar-refractivity contribution in [3.05, 3.63) is 64.1 Å². The Bertz CT molecular complexity index is 925.